The number of amides is 1. The van der Waals surface area contributed by atoms with E-state index in [1.807, 2.05) is 6.92 Å². The molecule has 8 heteroatoms. The zero-order chi connectivity index (χ0) is 16.1. The molecule has 122 valence electrons. The molecule has 2 aromatic heterocycles. The van der Waals surface area contributed by atoms with Crippen LogP contribution in [0.15, 0.2) is 23.1 Å². The standard InChI is InChI=1S/C15H19N5O3/c1-2-13-18-14(23-19-13)3-4-15(21)20-7-8-22-12(10-20)11-9-16-5-6-17-11/h5-6,9,12H,2-4,7-8,10H2,1H3/t12-/m0/s1. The van der Waals surface area contributed by atoms with Crippen molar-refractivity contribution in [1.29, 1.82) is 0 Å². The van der Waals surface area contributed by atoms with Crippen molar-refractivity contribution >= 4 is 5.91 Å². The van der Waals surface area contributed by atoms with Crippen LogP contribution in [0.1, 0.15) is 36.9 Å². The lowest BCUT2D eigenvalue weighted by molar-refractivity contribution is -0.139. The lowest BCUT2D eigenvalue weighted by Crippen LogP contribution is -2.42. The molecule has 1 saturated heterocycles. The summed E-state index contributed by atoms with van der Waals surface area (Å²) >= 11 is 0. The predicted octanol–water partition coefficient (Wildman–Crippen LogP) is 0.955. The van der Waals surface area contributed by atoms with Crippen molar-refractivity contribution in [3.63, 3.8) is 0 Å². The van der Waals surface area contributed by atoms with E-state index in [-0.39, 0.29) is 12.0 Å². The highest BCUT2D eigenvalue weighted by Crippen LogP contribution is 2.20. The van der Waals surface area contributed by atoms with Gasteiger partial charge in [-0.25, -0.2) is 0 Å². The Morgan fingerprint density at radius 1 is 1.43 bits per heavy atom. The first-order valence-corrected chi connectivity index (χ1v) is 7.73. The molecule has 3 rings (SSSR count). The molecule has 1 atom stereocenters. The van der Waals surface area contributed by atoms with E-state index in [0.717, 1.165) is 12.1 Å². The van der Waals surface area contributed by atoms with Crippen LogP contribution in [0.25, 0.3) is 0 Å². The van der Waals surface area contributed by atoms with Crippen molar-refractivity contribution in [3.8, 4) is 0 Å². The van der Waals surface area contributed by atoms with E-state index in [0.29, 0.717) is 44.3 Å². The van der Waals surface area contributed by atoms with Crippen LogP contribution in [-0.4, -0.2) is 50.6 Å². The van der Waals surface area contributed by atoms with Crippen LogP contribution >= 0.6 is 0 Å². The van der Waals surface area contributed by atoms with Crippen molar-refractivity contribution in [1.82, 2.24) is 25.0 Å². The van der Waals surface area contributed by atoms with Crippen molar-refractivity contribution in [2.24, 2.45) is 0 Å². The summed E-state index contributed by atoms with van der Waals surface area (Å²) in [7, 11) is 0. The van der Waals surface area contributed by atoms with Crippen LogP contribution in [0.5, 0.6) is 0 Å². The maximum absolute atomic E-state index is 12.4. The number of nitrogens with zero attached hydrogens (tertiary/aromatic N) is 5. The predicted molar refractivity (Wildman–Crippen MR) is 79.3 cm³/mol. The number of hydrogen-bond acceptors (Lipinski definition) is 7. The van der Waals surface area contributed by atoms with Gasteiger partial charge in [-0.3, -0.25) is 14.8 Å². The van der Waals surface area contributed by atoms with Gasteiger partial charge in [0, 0.05) is 38.2 Å². The minimum absolute atomic E-state index is 0.0541. The fourth-order valence-electron chi connectivity index (χ4n) is 2.44. The van der Waals surface area contributed by atoms with Crippen LogP contribution in [0, 0.1) is 0 Å². The molecular weight excluding hydrogens is 298 g/mol. The summed E-state index contributed by atoms with van der Waals surface area (Å²) in [6.45, 7) is 3.52. The molecule has 1 fully saturated rings. The highest BCUT2D eigenvalue weighted by atomic mass is 16.5. The fourth-order valence-corrected chi connectivity index (χ4v) is 2.44. The third kappa shape index (κ3) is 3.89. The quantitative estimate of drug-likeness (QED) is 0.810. The lowest BCUT2D eigenvalue weighted by atomic mass is 10.2. The van der Waals surface area contributed by atoms with Gasteiger partial charge in [-0.2, -0.15) is 4.98 Å². The number of hydrogen-bond donors (Lipinski definition) is 0. The second-order valence-electron chi connectivity index (χ2n) is 5.29. The monoisotopic (exact) mass is 317 g/mol. The second kappa shape index (κ2) is 7.28. The largest absolute Gasteiger partial charge is 0.368 e. The minimum atomic E-state index is -0.225. The van der Waals surface area contributed by atoms with Gasteiger partial charge in [0.2, 0.25) is 11.8 Å². The maximum Gasteiger partial charge on any atom is 0.227 e. The summed E-state index contributed by atoms with van der Waals surface area (Å²) in [6.07, 6.45) is 6.21. The molecule has 0 aliphatic carbocycles. The molecular formula is C15H19N5O3. The van der Waals surface area contributed by atoms with Gasteiger partial charge in [-0.15, -0.1) is 0 Å². The SMILES string of the molecule is CCc1noc(CCC(=O)N2CCO[C@H](c3cnccn3)C2)n1. The Bertz CT molecular complexity index is 646. The molecule has 1 aliphatic heterocycles. The fraction of sp³-hybridized carbons (Fsp3) is 0.533. The normalized spacial score (nSPS) is 18.1. The van der Waals surface area contributed by atoms with E-state index in [1.165, 1.54) is 0 Å². The van der Waals surface area contributed by atoms with Gasteiger partial charge in [-0.05, 0) is 0 Å². The molecule has 0 radical (unpaired) electrons. The molecule has 8 nitrogen and oxygen atoms in total. The van der Waals surface area contributed by atoms with E-state index < -0.39 is 0 Å². The highest BCUT2D eigenvalue weighted by molar-refractivity contribution is 5.76. The number of rotatable bonds is 5. The number of carbonyl (C=O) groups is 1. The smallest absolute Gasteiger partial charge is 0.227 e. The molecule has 0 spiro atoms. The summed E-state index contributed by atoms with van der Waals surface area (Å²) in [5.41, 5.74) is 0.745. The van der Waals surface area contributed by atoms with Crippen LogP contribution in [0.4, 0.5) is 0 Å². The van der Waals surface area contributed by atoms with E-state index in [9.17, 15) is 4.79 Å². The zero-order valence-electron chi connectivity index (χ0n) is 13.0. The van der Waals surface area contributed by atoms with Gasteiger partial charge in [0.1, 0.15) is 6.10 Å². The Kier molecular flexibility index (Phi) is 4.92. The highest BCUT2D eigenvalue weighted by Gasteiger charge is 2.26. The summed E-state index contributed by atoms with van der Waals surface area (Å²) in [4.78, 5) is 26.7. The van der Waals surface area contributed by atoms with Crippen molar-refractivity contribution in [2.45, 2.75) is 32.3 Å². The molecule has 0 bridgehead atoms. The zero-order valence-corrected chi connectivity index (χ0v) is 13.0. The van der Waals surface area contributed by atoms with E-state index >= 15 is 0 Å². The second-order valence-corrected chi connectivity index (χ2v) is 5.29. The molecule has 0 saturated carbocycles. The van der Waals surface area contributed by atoms with Crippen molar-refractivity contribution < 1.29 is 14.1 Å². The molecule has 0 unspecified atom stereocenters. The number of aromatic nitrogens is 4. The average Bonchev–Trinajstić information content (AvgIpc) is 3.09. The summed E-state index contributed by atoms with van der Waals surface area (Å²) < 4.78 is 10.8. The van der Waals surface area contributed by atoms with Gasteiger partial charge in [0.25, 0.3) is 0 Å². The van der Waals surface area contributed by atoms with Gasteiger partial charge >= 0.3 is 0 Å². The van der Waals surface area contributed by atoms with E-state index in [1.54, 1.807) is 23.5 Å². The Balaban J connectivity index is 1.54. The van der Waals surface area contributed by atoms with Gasteiger partial charge in [0.15, 0.2) is 5.82 Å². The van der Waals surface area contributed by atoms with Gasteiger partial charge in [0.05, 0.1) is 25.0 Å². The number of carbonyl (C=O) groups excluding carboxylic acids is 1. The summed E-state index contributed by atoms with van der Waals surface area (Å²) in [6, 6.07) is 0. The number of aryl methyl sites for hydroxylation is 2. The molecule has 0 N–H and O–H groups in total. The molecule has 1 aliphatic rings. The first-order valence-electron chi connectivity index (χ1n) is 7.73. The average molecular weight is 317 g/mol. The Morgan fingerprint density at radius 3 is 3.09 bits per heavy atom. The summed E-state index contributed by atoms with van der Waals surface area (Å²) in [5, 5.41) is 3.83. The first-order chi connectivity index (χ1) is 11.3. The van der Waals surface area contributed by atoms with E-state index in [2.05, 4.69) is 20.1 Å². The minimum Gasteiger partial charge on any atom is -0.368 e. The van der Waals surface area contributed by atoms with Crippen molar-refractivity contribution in [2.75, 3.05) is 19.7 Å². The number of morpholine rings is 1. The van der Waals surface area contributed by atoms with Crippen LogP contribution in [0.2, 0.25) is 0 Å². The Hall–Kier alpha value is -2.35. The van der Waals surface area contributed by atoms with Crippen molar-refractivity contribution in [3.05, 3.63) is 36.0 Å². The number of ether oxygens (including phenoxy) is 1. The van der Waals surface area contributed by atoms with Gasteiger partial charge in [-0.1, -0.05) is 12.1 Å². The topological polar surface area (TPSA) is 94.2 Å². The van der Waals surface area contributed by atoms with Crippen LogP contribution in [0.3, 0.4) is 0 Å². The molecule has 23 heavy (non-hydrogen) atoms. The Morgan fingerprint density at radius 2 is 2.35 bits per heavy atom. The molecule has 3 heterocycles. The maximum atomic E-state index is 12.4. The summed E-state index contributed by atoms with van der Waals surface area (Å²) in [5.74, 6) is 1.23. The van der Waals surface area contributed by atoms with Gasteiger partial charge < -0.3 is 14.2 Å². The van der Waals surface area contributed by atoms with Crippen LogP contribution in [-0.2, 0) is 22.4 Å². The van der Waals surface area contributed by atoms with E-state index in [4.69, 9.17) is 9.26 Å². The molecule has 0 aromatic carbocycles. The van der Waals surface area contributed by atoms with Crippen LogP contribution < -0.4 is 0 Å². The Labute approximate surface area is 133 Å². The first kappa shape index (κ1) is 15.5. The third-order valence-electron chi connectivity index (χ3n) is 3.71. The molecule has 1 amide bonds. The molecule has 2 aromatic rings. The third-order valence-corrected chi connectivity index (χ3v) is 3.71. The lowest BCUT2D eigenvalue weighted by Gasteiger charge is -2.32.